The highest BCUT2D eigenvalue weighted by molar-refractivity contribution is 5.79. The van der Waals surface area contributed by atoms with Crippen LogP contribution in [0.25, 0.3) is 0 Å². The lowest BCUT2D eigenvalue weighted by molar-refractivity contribution is -0.205. The molecule has 0 radical (unpaired) electrons. The highest BCUT2D eigenvalue weighted by atomic mass is 16.7. The Labute approximate surface area is 213 Å². The summed E-state index contributed by atoms with van der Waals surface area (Å²) in [7, 11) is 0. The fraction of sp³-hybridized carbons (Fsp3) is 0.964. The lowest BCUT2D eigenvalue weighted by Gasteiger charge is -2.30. The highest BCUT2D eigenvalue weighted by Gasteiger charge is 2.44. The van der Waals surface area contributed by atoms with Crippen molar-refractivity contribution in [1.82, 2.24) is 0 Å². The molecule has 0 aliphatic carbocycles. The maximum atomic E-state index is 12.9. The average Bonchev–Trinajstić information content (AvgIpc) is 3.03. The van der Waals surface area contributed by atoms with Crippen LogP contribution in [-0.4, -0.2) is 69.1 Å². The van der Waals surface area contributed by atoms with E-state index in [4.69, 9.17) is 9.47 Å². The third kappa shape index (κ3) is 11.1. The number of rotatable bonds is 16. The summed E-state index contributed by atoms with van der Waals surface area (Å²) >= 11 is 0. The van der Waals surface area contributed by atoms with Gasteiger partial charge in [-0.15, -0.1) is 0 Å². The molecule has 0 aromatic carbocycles. The van der Waals surface area contributed by atoms with E-state index in [1.54, 1.807) is 0 Å². The summed E-state index contributed by atoms with van der Waals surface area (Å²) in [6.45, 7) is 16.4. The third-order valence-electron chi connectivity index (χ3n) is 7.64. The molecule has 35 heavy (non-hydrogen) atoms. The van der Waals surface area contributed by atoms with Crippen LogP contribution in [0.5, 0.6) is 0 Å². The van der Waals surface area contributed by atoms with Crippen molar-refractivity contribution in [2.45, 2.75) is 150 Å². The van der Waals surface area contributed by atoms with Crippen LogP contribution in [0.1, 0.15) is 107 Å². The normalized spacial score (nSPS) is 28.3. The Hall–Kier alpha value is -0.570. The van der Waals surface area contributed by atoms with E-state index in [1.165, 1.54) is 0 Å². The van der Waals surface area contributed by atoms with Crippen molar-refractivity contribution in [3.63, 3.8) is 0 Å². The van der Waals surface area contributed by atoms with Crippen molar-refractivity contribution >= 4 is 5.78 Å². The number of hydrogen-bond acceptors (Lipinski definition) is 7. The summed E-state index contributed by atoms with van der Waals surface area (Å²) in [5.41, 5.74) is 0.0222. The van der Waals surface area contributed by atoms with E-state index in [1.807, 2.05) is 20.8 Å². The second-order valence-corrected chi connectivity index (χ2v) is 12.1. The van der Waals surface area contributed by atoms with E-state index < -0.39 is 42.9 Å². The first-order valence-corrected chi connectivity index (χ1v) is 13.8. The SMILES string of the molecule is CCC(C)C(CC(=O)CC(O)CC(O[C@@H]1O[C@@H](CC)[C@@H](O)C1O)C(C)CC)CC(O)CC(C)(C)C. The summed E-state index contributed by atoms with van der Waals surface area (Å²) in [6.07, 6.45) is -1.10. The van der Waals surface area contributed by atoms with E-state index in [0.717, 1.165) is 12.8 Å². The molecule has 0 amide bonds. The molecule has 0 spiro atoms. The molecular weight excluding hydrogens is 448 g/mol. The van der Waals surface area contributed by atoms with Crippen molar-refractivity contribution in [2.24, 2.45) is 23.2 Å². The minimum absolute atomic E-state index is 0.00715. The van der Waals surface area contributed by atoms with Gasteiger partial charge in [0.05, 0.1) is 24.4 Å². The molecule has 1 saturated heterocycles. The van der Waals surface area contributed by atoms with Gasteiger partial charge in [-0.3, -0.25) is 4.79 Å². The van der Waals surface area contributed by atoms with Crippen molar-refractivity contribution < 1.29 is 34.7 Å². The first-order valence-electron chi connectivity index (χ1n) is 13.8. The summed E-state index contributed by atoms with van der Waals surface area (Å²) in [4.78, 5) is 12.9. The predicted molar refractivity (Wildman–Crippen MR) is 138 cm³/mol. The Kier molecular flexibility index (Phi) is 13.9. The lowest BCUT2D eigenvalue weighted by Crippen LogP contribution is -2.38. The van der Waals surface area contributed by atoms with Gasteiger partial charge in [0.1, 0.15) is 18.0 Å². The zero-order valence-corrected chi connectivity index (χ0v) is 23.4. The first-order chi connectivity index (χ1) is 16.2. The molecule has 10 atom stereocenters. The molecule has 0 aromatic heterocycles. The topological polar surface area (TPSA) is 116 Å². The molecule has 4 N–H and O–H groups in total. The molecular formula is C28H54O7. The molecule has 7 heteroatoms. The molecule has 7 nitrogen and oxygen atoms in total. The van der Waals surface area contributed by atoms with Crippen molar-refractivity contribution in [3.05, 3.63) is 0 Å². The van der Waals surface area contributed by atoms with Crippen molar-refractivity contribution in [2.75, 3.05) is 0 Å². The van der Waals surface area contributed by atoms with Gasteiger partial charge < -0.3 is 29.9 Å². The first kappa shape index (κ1) is 32.5. The van der Waals surface area contributed by atoms with Gasteiger partial charge in [-0.25, -0.2) is 0 Å². The minimum Gasteiger partial charge on any atom is -0.393 e. The van der Waals surface area contributed by atoms with Crippen LogP contribution in [0, 0.1) is 23.2 Å². The number of aliphatic hydroxyl groups is 4. The number of Topliss-reactive ketones (excluding diaryl/α,β-unsaturated/α-hetero) is 1. The van der Waals surface area contributed by atoms with Crippen LogP contribution >= 0.6 is 0 Å². The van der Waals surface area contributed by atoms with Crippen LogP contribution in [0.2, 0.25) is 0 Å². The fourth-order valence-corrected chi connectivity index (χ4v) is 5.00. The highest BCUT2D eigenvalue weighted by Crippen LogP contribution is 2.31. The molecule has 7 unspecified atom stereocenters. The molecule has 1 rings (SSSR count). The lowest BCUT2D eigenvalue weighted by atomic mass is 9.79. The second-order valence-electron chi connectivity index (χ2n) is 12.1. The molecule has 1 heterocycles. The molecule has 1 aliphatic heterocycles. The molecule has 0 aromatic rings. The Bertz CT molecular complexity index is 605. The smallest absolute Gasteiger partial charge is 0.186 e. The van der Waals surface area contributed by atoms with Gasteiger partial charge in [0, 0.05) is 19.3 Å². The van der Waals surface area contributed by atoms with E-state index >= 15 is 0 Å². The minimum atomic E-state index is -1.14. The maximum Gasteiger partial charge on any atom is 0.186 e. The molecule has 1 aliphatic rings. The van der Waals surface area contributed by atoms with E-state index in [2.05, 4.69) is 34.6 Å². The van der Waals surface area contributed by atoms with Gasteiger partial charge in [-0.2, -0.15) is 0 Å². The molecule has 1 fully saturated rings. The van der Waals surface area contributed by atoms with Gasteiger partial charge in [-0.05, 0) is 42.4 Å². The quantitative estimate of drug-likeness (QED) is 0.250. The fourth-order valence-electron chi connectivity index (χ4n) is 5.00. The van der Waals surface area contributed by atoms with Crippen molar-refractivity contribution in [3.8, 4) is 0 Å². The zero-order valence-electron chi connectivity index (χ0n) is 23.4. The zero-order chi connectivity index (χ0) is 26.9. The summed E-state index contributed by atoms with van der Waals surface area (Å²) in [6, 6.07) is 0. The van der Waals surface area contributed by atoms with Crippen molar-refractivity contribution in [1.29, 1.82) is 0 Å². The number of ketones is 1. The van der Waals surface area contributed by atoms with Gasteiger partial charge in [-0.1, -0.05) is 68.2 Å². The third-order valence-corrected chi connectivity index (χ3v) is 7.64. The van der Waals surface area contributed by atoms with Crippen LogP contribution in [-0.2, 0) is 14.3 Å². The average molecular weight is 503 g/mol. The number of carbonyl (C=O) groups is 1. The van der Waals surface area contributed by atoms with Gasteiger partial charge in [0.2, 0.25) is 0 Å². The van der Waals surface area contributed by atoms with Crippen LogP contribution in [0.4, 0.5) is 0 Å². The van der Waals surface area contributed by atoms with Crippen LogP contribution < -0.4 is 0 Å². The number of ether oxygens (including phenoxy) is 2. The van der Waals surface area contributed by atoms with E-state index in [9.17, 15) is 25.2 Å². The van der Waals surface area contributed by atoms with Gasteiger partial charge in [0.25, 0.3) is 0 Å². The van der Waals surface area contributed by atoms with Gasteiger partial charge in [0.15, 0.2) is 6.29 Å². The standard InChI is InChI=1S/C28H54O7/c1-9-17(4)19(13-22(31)16-28(6,7)8)12-20(29)14-21(30)15-24(18(5)10-2)35-27-26(33)25(32)23(11-3)34-27/h17-19,21-27,30-33H,9-16H2,1-8H3/t17?,18?,19?,21?,22?,23-,24?,25+,26?,27-/m0/s1. The summed E-state index contributed by atoms with van der Waals surface area (Å²) < 4.78 is 11.7. The predicted octanol–water partition coefficient (Wildman–Crippen LogP) is 4.22. The monoisotopic (exact) mass is 502 g/mol. The van der Waals surface area contributed by atoms with Gasteiger partial charge >= 0.3 is 0 Å². The Morgan fingerprint density at radius 2 is 1.51 bits per heavy atom. The van der Waals surface area contributed by atoms with Crippen LogP contribution in [0.15, 0.2) is 0 Å². The number of carbonyl (C=O) groups excluding carboxylic acids is 1. The van der Waals surface area contributed by atoms with E-state index in [-0.39, 0.29) is 35.9 Å². The summed E-state index contributed by atoms with van der Waals surface area (Å²) in [5.74, 6) is 0.454. The Balaban J connectivity index is 2.72. The largest absolute Gasteiger partial charge is 0.393 e. The summed E-state index contributed by atoms with van der Waals surface area (Å²) in [5, 5.41) is 41.8. The molecule has 0 bridgehead atoms. The molecule has 208 valence electrons. The second kappa shape index (κ2) is 15.0. The van der Waals surface area contributed by atoms with E-state index in [0.29, 0.717) is 31.6 Å². The van der Waals surface area contributed by atoms with Crippen LogP contribution in [0.3, 0.4) is 0 Å². The number of aliphatic hydroxyl groups excluding tert-OH is 4. The maximum absolute atomic E-state index is 12.9. The number of hydrogen-bond donors (Lipinski definition) is 4. The molecule has 0 saturated carbocycles. The Morgan fingerprint density at radius 1 is 0.914 bits per heavy atom. The Morgan fingerprint density at radius 3 is 2.00 bits per heavy atom.